The van der Waals surface area contributed by atoms with Crippen molar-refractivity contribution in [1.82, 2.24) is 23.3 Å². The zero-order valence-electron chi connectivity index (χ0n) is 40.8. The average molecular weight is 947 g/mol. The van der Waals surface area contributed by atoms with Gasteiger partial charge < -0.3 is 23.2 Å². The van der Waals surface area contributed by atoms with Gasteiger partial charge in [0.2, 0.25) is 0 Å². The number of benzene rings is 10. The Morgan fingerprint density at radius 2 is 0.676 bits per heavy atom. The molecule has 0 saturated heterocycles. The van der Waals surface area contributed by atoms with Crippen LogP contribution in [0.4, 0.5) is 17.1 Å². The van der Waals surface area contributed by atoms with Gasteiger partial charge in [0.05, 0.1) is 84.5 Å². The molecule has 0 amide bonds. The zero-order valence-corrected chi connectivity index (χ0v) is 40.8. The summed E-state index contributed by atoms with van der Waals surface area (Å²) in [6.45, 7) is 4.68. The minimum atomic E-state index is -0.266. The Bertz CT molecular complexity index is 4500. The van der Waals surface area contributed by atoms with E-state index in [1.54, 1.807) is 0 Å². The molecule has 16 rings (SSSR count). The van der Waals surface area contributed by atoms with Gasteiger partial charge in [0, 0.05) is 60.4 Å². The highest BCUT2D eigenvalue weighted by atomic mass is 15.2. The van der Waals surface area contributed by atoms with E-state index < -0.39 is 0 Å². The highest BCUT2D eigenvalue weighted by Gasteiger charge is 2.38. The molecule has 1 aliphatic heterocycles. The highest BCUT2D eigenvalue weighted by molar-refractivity contribution is 6.15. The molecule has 348 valence electrons. The Labute approximate surface area is 426 Å². The first-order valence-corrected chi connectivity index (χ1v) is 25.5. The summed E-state index contributed by atoms with van der Waals surface area (Å²) in [4.78, 5) is 7.31. The van der Waals surface area contributed by atoms with Gasteiger partial charge in [-0.2, -0.15) is 0 Å². The molecule has 0 unspecified atom stereocenters. The van der Waals surface area contributed by atoms with Crippen LogP contribution in [0.15, 0.2) is 243 Å². The summed E-state index contributed by atoms with van der Waals surface area (Å²) in [5, 5.41) is 9.67. The molecule has 10 aromatic carbocycles. The number of rotatable bonds is 5. The van der Waals surface area contributed by atoms with Crippen LogP contribution < -0.4 is 4.90 Å². The number of para-hydroxylation sites is 8. The molecule has 0 N–H and O–H groups in total. The number of aromatic nitrogens is 5. The predicted molar refractivity (Wildman–Crippen MR) is 308 cm³/mol. The summed E-state index contributed by atoms with van der Waals surface area (Å²) in [6.07, 6.45) is 4.00. The lowest BCUT2D eigenvalue weighted by Gasteiger charge is -2.42. The molecule has 74 heavy (non-hydrogen) atoms. The molecule has 6 nitrogen and oxygen atoms in total. The van der Waals surface area contributed by atoms with Crippen molar-refractivity contribution in [3.8, 4) is 22.7 Å². The van der Waals surface area contributed by atoms with Crippen LogP contribution in [0.5, 0.6) is 0 Å². The van der Waals surface area contributed by atoms with Crippen molar-refractivity contribution >= 4 is 104 Å². The van der Waals surface area contributed by atoms with Gasteiger partial charge in [0.25, 0.3) is 0 Å². The number of fused-ring (bicyclic) bond motifs is 14. The van der Waals surface area contributed by atoms with Crippen LogP contribution in [0, 0.1) is 0 Å². The van der Waals surface area contributed by atoms with Crippen molar-refractivity contribution in [3.05, 3.63) is 254 Å². The minimum absolute atomic E-state index is 0.266. The normalized spacial score (nSPS) is 13.4. The van der Waals surface area contributed by atoms with Crippen molar-refractivity contribution < 1.29 is 0 Å². The van der Waals surface area contributed by atoms with Gasteiger partial charge in [-0.15, -0.1) is 0 Å². The lowest BCUT2D eigenvalue weighted by molar-refractivity contribution is 0.630. The van der Waals surface area contributed by atoms with Crippen molar-refractivity contribution in [2.24, 2.45) is 0 Å². The fourth-order valence-corrected chi connectivity index (χ4v) is 13.0. The summed E-state index contributed by atoms with van der Waals surface area (Å²) in [5.74, 6) is 0. The summed E-state index contributed by atoms with van der Waals surface area (Å²) in [7, 11) is 0. The molecule has 1 aliphatic rings. The van der Waals surface area contributed by atoms with Crippen LogP contribution in [-0.2, 0) is 5.41 Å². The first-order chi connectivity index (χ1) is 36.5. The Morgan fingerprint density at radius 1 is 0.297 bits per heavy atom. The van der Waals surface area contributed by atoms with Gasteiger partial charge in [-0.3, -0.25) is 4.98 Å². The molecule has 6 heteroatoms. The molecule has 6 heterocycles. The average Bonchev–Trinajstić information content (AvgIpc) is 4.18. The number of hydrogen-bond donors (Lipinski definition) is 0. The van der Waals surface area contributed by atoms with Crippen LogP contribution in [0.3, 0.4) is 0 Å². The fraction of sp³-hybridized carbons (Fsp3) is 0.0441. The maximum atomic E-state index is 4.85. The third kappa shape index (κ3) is 5.51. The molecule has 0 saturated carbocycles. The van der Waals surface area contributed by atoms with Crippen LogP contribution >= 0.6 is 0 Å². The van der Waals surface area contributed by atoms with E-state index in [-0.39, 0.29) is 5.41 Å². The van der Waals surface area contributed by atoms with E-state index >= 15 is 0 Å². The van der Waals surface area contributed by atoms with E-state index in [0.29, 0.717) is 0 Å². The van der Waals surface area contributed by atoms with Gasteiger partial charge in [0.15, 0.2) is 0 Å². The van der Waals surface area contributed by atoms with Gasteiger partial charge >= 0.3 is 0 Å². The van der Waals surface area contributed by atoms with Gasteiger partial charge in [-0.1, -0.05) is 159 Å². The second-order valence-electron chi connectivity index (χ2n) is 20.4. The Balaban J connectivity index is 1.11. The number of pyridine rings is 1. The smallest absolute Gasteiger partial charge is 0.0948 e. The first-order valence-electron chi connectivity index (χ1n) is 25.5. The minimum Gasteiger partial charge on any atom is -0.309 e. The van der Waals surface area contributed by atoms with E-state index in [0.717, 1.165) is 72.9 Å². The molecule has 0 bridgehead atoms. The van der Waals surface area contributed by atoms with Gasteiger partial charge in [0.1, 0.15) is 0 Å². The molecule has 0 aliphatic carbocycles. The largest absolute Gasteiger partial charge is 0.309 e. The van der Waals surface area contributed by atoms with Crippen molar-refractivity contribution in [3.63, 3.8) is 0 Å². The summed E-state index contributed by atoms with van der Waals surface area (Å²) in [6, 6.07) is 85.3. The molecular formula is C68H46N6. The molecule has 0 radical (unpaired) electrons. The second-order valence-corrected chi connectivity index (χ2v) is 20.4. The predicted octanol–water partition coefficient (Wildman–Crippen LogP) is 17.6. The number of anilines is 3. The summed E-state index contributed by atoms with van der Waals surface area (Å²) >= 11 is 0. The van der Waals surface area contributed by atoms with E-state index in [1.807, 2.05) is 6.20 Å². The van der Waals surface area contributed by atoms with Crippen molar-refractivity contribution in [2.45, 2.75) is 19.3 Å². The molecule has 0 spiro atoms. The quantitative estimate of drug-likeness (QED) is 0.172. The SMILES string of the molecule is CC1(C)c2ccccc2N(c2cc(-n3c4ccccc4c4ccccc43)c(-n3c4ccccc4c4cc(-n5c6ccccc6c6ccccc65)ccc43)c(-n3c4ccccc4c4ccccc43)c2)c2cnccc21. The van der Waals surface area contributed by atoms with Gasteiger partial charge in [-0.25, -0.2) is 0 Å². The maximum Gasteiger partial charge on any atom is 0.0948 e. The number of nitrogens with zero attached hydrogens (tertiary/aromatic N) is 6. The summed E-state index contributed by atoms with van der Waals surface area (Å²) < 4.78 is 10.0. The lowest BCUT2D eigenvalue weighted by Crippen LogP contribution is -2.30. The Hall–Kier alpha value is -9.65. The van der Waals surface area contributed by atoms with E-state index in [9.17, 15) is 0 Å². The first kappa shape index (κ1) is 41.0. The number of hydrogen-bond acceptors (Lipinski definition) is 2. The van der Waals surface area contributed by atoms with Crippen molar-refractivity contribution in [1.29, 1.82) is 0 Å². The van der Waals surface area contributed by atoms with E-state index in [2.05, 4.69) is 274 Å². The summed E-state index contributed by atoms with van der Waals surface area (Å²) in [5.41, 5.74) is 18.9. The third-order valence-electron chi connectivity index (χ3n) is 16.2. The monoisotopic (exact) mass is 946 g/mol. The lowest BCUT2D eigenvalue weighted by atomic mass is 9.74. The molecule has 0 fully saturated rings. The molecule has 5 aromatic heterocycles. The Morgan fingerprint density at radius 3 is 1.16 bits per heavy atom. The topological polar surface area (TPSA) is 35.9 Å². The Kier molecular flexibility index (Phi) is 8.42. The standard InChI is InChI=1S/C68H46N6/c1-68(2)53-26-10-18-34-63(53)71(66-42-69-38-37-54(66)68)44-40-64(72-57-29-13-5-21-47(57)48-22-6-14-30-58(48)72)67(65(41-44)73-59-31-15-7-23-49(59)50-24-8-16-32-60(50)73)74-61-33-17-9-25-51(61)52-39-43(35-36-62(52)74)70-55-27-11-3-19-45(55)46-20-4-12-28-56(46)70/h3-42H,1-2H3. The van der Waals surface area contributed by atoms with Crippen LogP contribution in [0.25, 0.3) is 110 Å². The van der Waals surface area contributed by atoms with Crippen LogP contribution in [-0.4, -0.2) is 23.3 Å². The molecular weight excluding hydrogens is 901 g/mol. The van der Waals surface area contributed by atoms with E-state index in [4.69, 9.17) is 4.98 Å². The molecule has 15 aromatic rings. The van der Waals surface area contributed by atoms with E-state index in [1.165, 1.54) is 65.3 Å². The second kappa shape index (κ2) is 15.2. The highest BCUT2D eigenvalue weighted by Crippen LogP contribution is 2.54. The maximum absolute atomic E-state index is 4.85. The zero-order chi connectivity index (χ0) is 48.8. The fourth-order valence-electron chi connectivity index (χ4n) is 13.0. The molecule has 0 atom stereocenters. The van der Waals surface area contributed by atoms with Crippen molar-refractivity contribution in [2.75, 3.05) is 4.90 Å². The van der Waals surface area contributed by atoms with Crippen LogP contribution in [0.1, 0.15) is 25.0 Å². The van der Waals surface area contributed by atoms with Crippen LogP contribution in [0.2, 0.25) is 0 Å². The van der Waals surface area contributed by atoms with Gasteiger partial charge in [-0.05, 0) is 96.1 Å². The third-order valence-corrected chi connectivity index (χ3v) is 16.2.